The van der Waals surface area contributed by atoms with E-state index in [1.54, 1.807) is 6.08 Å². The molecule has 0 aliphatic carbocycles. The first-order chi connectivity index (χ1) is 4.97. The van der Waals surface area contributed by atoms with Crippen molar-refractivity contribution in [2.45, 2.75) is 0 Å². The van der Waals surface area contributed by atoms with Gasteiger partial charge in [-0.1, -0.05) is 6.08 Å². The van der Waals surface area contributed by atoms with E-state index in [0.717, 1.165) is 12.4 Å². The predicted molar refractivity (Wildman–Crippen MR) is 39.2 cm³/mol. The highest BCUT2D eigenvalue weighted by atomic mass is 15.2. The molecule has 0 atom stereocenters. The first kappa shape index (κ1) is 5.47. The molecule has 2 nitrogen and oxygen atoms in total. The Morgan fingerprint density at radius 3 is 3.50 bits per heavy atom. The Balaban J connectivity index is 2.34. The predicted octanol–water partition coefficient (Wildman–Crippen LogP) is 0.978. The number of hydrogen-bond donors (Lipinski definition) is 0. The van der Waals surface area contributed by atoms with E-state index in [0.29, 0.717) is 0 Å². The van der Waals surface area contributed by atoms with Crippen LogP contribution in [0.4, 0.5) is 0 Å². The summed E-state index contributed by atoms with van der Waals surface area (Å²) in [5.74, 6) is 0.946. The van der Waals surface area contributed by atoms with Crippen molar-refractivity contribution in [2.24, 2.45) is 4.99 Å². The highest BCUT2D eigenvalue weighted by Crippen LogP contribution is 2.12. The van der Waals surface area contributed by atoms with Crippen LogP contribution in [-0.4, -0.2) is 17.7 Å². The molecule has 0 bridgehead atoms. The van der Waals surface area contributed by atoms with Crippen molar-refractivity contribution in [3.8, 4) is 0 Å². The molecule has 2 heteroatoms. The van der Waals surface area contributed by atoms with Gasteiger partial charge in [0.05, 0.1) is 6.21 Å². The average Bonchev–Trinajstić information content (AvgIpc) is 2.05. The van der Waals surface area contributed by atoms with Gasteiger partial charge in [0.25, 0.3) is 0 Å². The molecule has 0 saturated heterocycles. The molecule has 48 valence electrons. The van der Waals surface area contributed by atoms with E-state index in [-0.39, 0.29) is 0 Å². The van der Waals surface area contributed by atoms with Crippen molar-refractivity contribution >= 4 is 6.21 Å². The van der Waals surface area contributed by atoms with E-state index in [4.69, 9.17) is 0 Å². The van der Waals surface area contributed by atoms with Crippen molar-refractivity contribution < 1.29 is 0 Å². The molecule has 0 fully saturated rings. The smallest absolute Gasteiger partial charge is 0.133 e. The maximum Gasteiger partial charge on any atom is 0.133 e. The summed E-state index contributed by atoms with van der Waals surface area (Å²) in [5.41, 5.74) is 0. The van der Waals surface area contributed by atoms with Crippen LogP contribution in [0.1, 0.15) is 0 Å². The summed E-state index contributed by atoms with van der Waals surface area (Å²) in [6.45, 7) is 0.799. The molecule has 2 rings (SSSR count). The molecule has 10 heavy (non-hydrogen) atoms. The Morgan fingerprint density at radius 2 is 2.60 bits per heavy atom. The first-order valence-corrected chi connectivity index (χ1v) is 3.13. The second-order valence-corrected chi connectivity index (χ2v) is 2.08. The largest absolute Gasteiger partial charge is 0.329 e. The highest BCUT2D eigenvalue weighted by Gasteiger charge is 2.07. The lowest BCUT2D eigenvalue weighted by atomic mass is 10.3. The van der Waals surface area contributed by atoms with Gasteiger partial charge in [0.2, 0.25) is 0 Å². The van der Waals surface area contributed by atoms with Gasteiger partial charge in [-0.25, -0.2) is 4.99 Å². The summed E-state index contributed by atoms with van der Waals surface area (Å²) < 4.78 is 0. The van der Waals surface area contributed by atoms with Gasteiger partial charge in [0.15, 0.2) is 0 Å². The molecule has 0 aromatic heterocycles. The van der Waals surface area contributed by atoms with Crippen molar-refractivity contribution in [3.05, 3.63) is 36.3 Å². The number of hydrogen-bond acceptors (Lipinski definition) is 2. The fourth-order valence-electron chi connectivity index (χ4n) is 0.919. The third kappa shape index (κ3) is 0.778. The normalized spacial score (nSPS) is 20.8. The van der Waals surface area contributed by atoms with Crippen LogP contribution in [-0.2, 0) is 0 Å². The topological polar surface area (TPSA) is 15.6 Å². The Labute approximate surface area is 59.9 Å². The van der Waals surface area contributed by atoms with Crippen LogP contribution < -0.4 is 0 Å². The SMILES string of the molecule is [C]1=CC=C2N=[C]C=CN2C1. The van der Waals surface area contributed by atoms with E-state index >= 15 is 0 Å². The molecule has 2 aliphatic heterocycles. The molecule has 2 radical (unpaired) electrons. The standard InChI is InChI=1S/C8H6N2/c1-2-6-10-7-3-5-9-8(10)4-1/h1,3-4,7H,6H2. The van der Waals surface area contributed by atoms with E-state index in [1.165, 1.54) is 0 Å². The molecule has 0 spiro atoms. The number of allylic oxidation sites excluding steroid dienone is 3. The van der Waals surface area contributed by atoms with Gasteiger partial charge >= 0.3 is 0 Å². The third-order valence-electron chi connectivity index (χ3n) is 1.41. The highest BCUT2D eigenvalue weighted by molar-refractivity contribution is 5.73. The monoisotopic (exact) mass is 130 g/mol. The van der Waals surface area contributed by atoms with Gasteiger partial charge in [-0.3, -0.25) is 0 Å². The van der Waals surface area contributed by atoms with Crippen LogP contribution >= 0.6 is 0 Å². The molecule has 0 aromatic rings. The zero-order valence-corrected chi connectivity index (χ0v) is 5.41. The van der Waals surface area contributed by atoms with Gasteiger partial charge in [0, 0.05) is 12.7 Å². The Morgan fingerprint density at radius 1 is 1.60 bits per heavy atom. The number of aliphatic imine (C=N–C) groups is 1. The second-order valence-electron chi connectivity index (χ2n) is 2.08. The maximum absolute atomic E-state index is 4.03. The Bertz CT molecular complexity index is 246. The molecule has 0 aromatic carbocycles. The summed E-state index contributed by atoms with van der Waals surface area (Å²) in [6.07, 6.45) is 13.4. The number of rotatable bonds is 0. The summed E-state index contributed by atoms with van der Waals surface area (Å²) in [5, 5.41) is 0. The minimum atomic E-state index is 0.799. The molecule has 2 aliphatic rings. The van der Waals surface area contributed by atoms with E-state index in [2.05, 4.69) is 17.3 Å². The number of nitrogens with zero attached hydrogens (tertiary/aromatic N) is 2. The van der Waals surface area contributed by atoms with E-state index in [1.807, 2.05) is 23.3 Å². The summed E-state index contributed by atoms with van der Waals surface area (Å²) in [7, 11) is 0. The summed E-state index contributed by atoms with van der Waals surface area (Å²) >= 11 is 0. The van der Waals surface area contributed by atoms with Crippen LogP contribution in [0, 0.1) is 6.08 Å². The van der Waals surface area contributed by atoms with E-state index < -0.39 is 0 Å². The molecule has 2 heterocycles. The maximum atomic E-state index is 4.03. The zero-order valence-electron chi connectivity index (χ0n) is 5.41. The third-order valence-corrected chi connectivity index (χ3v) is 1.41. The van der Waals surface area contributed by atoms with Crippen LogP contribution in [0.2, 0.25) is 0 Å². The minimum Gasteiger partial charge on any atom is -0.329 e. The Kier molecular flexibility index (Phi) is 1.17. The molecule has 0 N–H and O–H groups in total. The number of fused-ring (bicyclic) bond motifs is 1. The van der Waals surface area contributed by atoms with Crippen molar-refractivity contribution in [1.29, 1.82) is 0 Å². The minimum absolute atomic E-state index is 0.799. The average molecular weight is 130 g/mol. The van der Waals surface area contributed by atoms with Crippen molar-refractivity contribution in [2.75, 3.05) is 6.54 Å². The summed E-state index contributed by atoms with van der Waals surface area (Å²) in [4.78, 5) is 6.04. The fourth-order valence-corrected chi connectivity index (χ4v) is 0.919. The molecule has 0 saturated carbocycles. The zero-order chi connectivity index (χ0) is 6.81. The lowest BCUT2D eigenvalue weighted by molar-refractivity contribution is 0.495. The fraction of sp³-hybridized carbons (Fsp3) is 0.125. The van der Waals surface area contributed by atoms with Gasteiger partial charge in [-0.2, -0.15) is 0 Å². The van der Waals surface area contributed by atoms with Crippen molar-refractivity contribution in [3.63, 3.8) is 0 Å². The summed E-state index contributed by atoms with van der Waals surface area (Å²) in [6, 6.07) is 0. The molecule has 0 unspecified atom stereocenters. The quantitative estimate of drug-likeness (QED) is 0.477. The van der Waals surface area contributed by atoms with Gasteiger partial charge in [-0.15, -0.1) is 0 Å². The van der Waals surface area contributed by atoms with Crippen molar-refractivity contribution in [1.82, 2.24) is 4.90 Å². The van der Waals surface area contributed by atoms with Gasteiger partial charge in [0.1, 0.15) is 5.82 Å². The van der Waals surface area contributed by atoms with Crippen LogP contribution in [0.25, 0.3) is 0 Å². The van der Waals surface area contributed by atoms with Gasteiger partial charge in [-0.05, 0) is 18.2 Å². The lowest BCUT2D eigenvalue weighted by Gasteiger charge is -2.21. The Hall–Kier alpha value is -1.31. The van der Waals surface area contributed by atoms with Crippen LogP contribution in [0.3, 0.4) is 0 Å². The first-order valence-electron chi connectivity index (χ1n) is 3.13. The molecule has 0 amide bonds. The molecular formula is C8H6N2. The van der Waals surface area contributed by atoms with Crippen LogP contribution in [0.15, 0.2) is 35.2 Å². The van der Waals surface area contributed by atoms with Gasteiger partial charge < -0.3 is 4.90 Å². The lowest BCUT2D eigenvalue weighted by Crippen LogP contribution is -2.19. The van der Waals surface area contributed by atoms with E-state index in [9.17, 15) is 0 Å². The second kappa shape index (κ2) is 2.14. The van der Waals surface area contributed by atoms with Crippen LogP contribution in [0.5, 0.6) is 0 Å². The molecular weight excluding hydrogens is 124 g/mol.